The average molecular weight is 314 g/mol. The first kappa shape index (κ1) is 16.0. The Kier molecular flexibility index (Phi) is 4.38. The number of halogens is 4. The molecule has 0 aromatic heterocycles. The summed E-state index contributed by atoms with van der Waals surface area (Å²) in [5.41, 5.74) is -5.68. The molecular formula is C10H6F4O5S. The van der Waals surface area contributed by atoms with Gasteiger partial charge in [-0.2, -0.15) is 21.6 Å². The van der Waals surface area contributed by atoms with Gasteiger partial charge in [0.15, 0.2) is 11.6 Å². The lowest BCUT2D eigenvalue weighted by atomic mass is 10.2. The molecule has 0 aliphatic rings. The molecule has 10 heteroatoms. The molecule has 0 aliphatic heterocycles. The highest BCUT2D eigenvalue weighted by Crippen LogP contribution is 2.28. The van der Waals surface area contributed by atoms with Gasteiger partial charge in [0, 0.05) is 6.08 Å². The van der Waals surface area contributed by atoms with Gasteiger partial charge in [0.2, 0.25) is 0 Å². The van der Waals surface area contributed by atoms with Crippen molar-refractivity contribution in [2.45, 2.75) is 5.51 Å². The Morgan fingerprint density at radius 3 is 2.35 bits per heavy atom. The maximum atomic E-state index is 13.4. The third-order valence-electron chi connectivity index (χ3n) is 1.86. The van der Waals surface area contributed by atoms with Crippen molar-refractivity contribution in [2.75, 3.05) is 0 Å². The lowest BCUT2D eigenvalue weighted by Gasteiger charge is -2.10. The Labute approximate surface area is 110 Å². The highest BCUT2D eigenvalue weighted by molar-refractivity contribution is 7.88. The number of benzene rings is 1. The van der Waals surface area contributed by atoms with E-state index in [-0.39, 0.29) is 5.56 Å². The molecule has 110 valence electrons. The molecule has 1 aromatic rings. The lowest BCUT2D eigenvalue weighted by Crippen LogP contribution is -2.28. The van der Waals surface area contributed by atoms with Gasteiger partial charge in [0.1, 0.15) is 0 Å². The zero-order valence-corrected chi connectivity index (χ0v) is 10.2. The van der Waals surface area contributed by atoms with E-state index in [1.54, 1.807) is 0 Å². The number of carbonyl (C=O) groups is 1. The van der Waals surface area contributed by atoms with Crippen molar-refractivity contribution in [1.82, 2.24) is 0 Å². The Bertz CT molecular complexity index is 648. The maximum Gasteiger partial charge on any atom is 0.534 e. The summed E-state index contributed by atoms with van der Waals surface area (Å²) in [6, 6.07) is 2.25. The van der Waals surface area contributed by atoms with E-state index in [1.165, 1.54) is 0 Å². The van der Waals surface area contributed by atoms with Crippen molar-refractivity contribution in [3.8, 4) is 5.75 Å². The fourth-order valence-electron chi connectivity index (χ4n) is 1.02. The molecule has 0 radical (unpaired) electrons. The molecule has 0 unspecified atom stereocenters. The number of alkyl halides is 3. The summed E-state index contributed by atoms with van der Waals surface area (Å²) >= 11 is 0. The largest absolute Gasteiger partial charge is 0.534 e. The summed E-state index contributed by atoms with van der Waals surface area (Å²) in [7, 11) is -5.96. The van der Waals surface area contributed by atoms with Crippen LogP contribution in [0.1, 0.15) is 5.56 Å². The molecule has 1 rings (SSSR count). The second kappa shape index (κ2) is 5.49. The van der Waals surface area contributed by atoms with E-state index in [4.69, 9.17) is 5.11 Å². The van der Waals surface area contributed by atoms with Crippen LogP contribution in [0.25, 0.3) is 6.08 Å². The predicted molar refractivity (Wildman–Crippen MR) is 58.7 cm³/mol. The first-order valence-corrected chi connectivity index (χ1v) is 6.15. The predicted octanol–water partition coefficient (Wildman–Crippen LogP) is 2.15. The van der Waals surface area contributed by atoms with Gasteiger partial charge in [-0.3, -0.25) is 0 Å². The van der Waals surface area contributed by atoms with Crippen molar-refractivity contribution in [1.29, 1.82) is 0 Å². The number of carboxylic acids is 1. The van der Waals surface area contributed by atoms with Crippen LogP contribution < -0.4 is 4.18 Å². The number of carboxylic acid groups (broad SMARTS) is 1. The van der Waals surface area contributed by atoms with Crippen molar-refractivity contribution in [3.63, 3.8) is 0 Å². The fraction of sp³-hybridized carbons (Fsp3) is 0.100. The first-order valence-electron chi connectivity index (χ1n) is 4.74. The second-order valence-corrected chi connectivity index (χ2v) is 4.88. The highest BCUT2D eigenvalue weighted by Gasteiger charge is 2.48. The molecule has 0 heterocycles. The van der Waals surface area contributed by atoms with Crippen LogP contribution in [0.15, 0.2) is 24.3 Å². The van der Waals surface area contributed by atoms with Crippen molar-refractivity contribution < 1.29 is 40.1 Å². The molecule has 0 bridgehead atoms. The number of hydrogen-bond acceptors (Lipinski definition) is 4. The van der Waals surface area contributed by atoms with Crippen LogP contribution in [-0.2, 0) is 14.9 Å². The van der Waals surface area contributed by atoms with Gasteiger partial charge in [-0.15, -0.1) is 0 Å². The van der Waals surface area contributed by atoms with Crippen LogP contribution >= 0.6 is 0 Å². The Morgan fingerprint density at radius 2 is 1.90 bits per heavy atom. The summed E-state index contributed by atoms with van der Waals surface area (Å²) in [6.07, 6.45) is 1.63. The zero-order chi connectivity index (χ0) is 15.6. The molecular weight excluding hydrogens is 308 g/mol. The van der Waals surface area contributed by atoms with Gasteiger partial charge in [-0.1, -0.05) is 6.07 Å². The molecule has 0 spiro atoms. The number of aliphatic carboxylic acids is 1. The lowest BCUT2D eigenvalue weighted by molar-refractivity contribution is -0.131. The zero-order valence-electron chi connectivity index (χ0n) is 9.39. The van der Waals surface area contributed by atoms with Gasteiger partial charge in [-0.25, -0.2) is 9.18 Å². The van der Waals surface area contributed by atoms with E-state index in [9.17, 15) is 30.8 Å². The molecule has 0 fully saturated rings. The summed E-state index contributed by atoms with van der Waals surface area (Å²) in [5, 5.41) is 8.33. The topological polar surface area (TPSA) is 80.7 Å². The van der Waals surface area contributed by atoms with E-state index in [1.807, 2.05) is 0 Å². The molecule has 1 N–H and O–H groups in total. The molecule has 0 saturated heterocycles. The quantitative estimate of drug-likeness (QED) is 0.399. The summed E-state index contributed by atoms with van der Waals surface area (Å²) in [4.78, 5) is 10.2. The van der Waals surface area contributed by atoms with E-state index in [0.29, 0.717) is 18.2 Å². The van der Waals surface area contributed by atoms with Gasteiger partial charge in [-0.05, 0) is 23.8 Å². The summed E-state index contributed by atoms with van der Waals surface area (Å²) in [5.74, 6) is -3.84. The van der Waals surface area contributed by atoms with Gasteiger partial charge >= 0.3 is 21.6 Å². The van der Waals surface area contributed by atoms with Gasteiger partial charge in [0.25, 0.3) is 0 Å². The molecule has 0 aliphatic carbocycles. The average Bonchev–Trinajstić information content (AvgIpc) is 2.28. The minimum absolute atomic E-state index is 0.00153. The van der Waals surface area contributed by atoms with Crippen molar-refractivity contribution in [3.05, 3.63) is 35.7 Å². The Morgan fingerprint density at radius 1 is 1.30 bits per heavy atom. The normalized spacial score (nSPS) is 12.6. The maximum absolute atomic E-state index is 13.4. The van der Waals surface area contributed by atoms with Crippen LogP contribution in [0.2, 0.25) is 0 Å². The van der Waals surface area contributed by atoms with E-state index < -0.39 is 33.2 Å². The number of hydrogen-bond donors (Lipinski definition) is 1. The smallest absolute Gasteiger partial charge is 0.478 e. The van der Waals surface area contributed by atoms with Crippen LogP contribution in [0.3, 0.4) is 0 Å². The highest BCUT2D eigenvalue weighted by atomic mass is 32.2. The Hall–Kier alpha value is -2.10. The fourth-order valence-corrected chi connectivity index (χ4v) is 1.49. The van der Waals surface area contributed by atoms with Crippen molar-refractivity contribution >= 4 is 22.2 Å². The van der Waals surface area contributed by atoms with E-state index in [0.717, 1.165) is 12.1 Å². The third kappa shape index (κ3) is 3.95. The SMILES string of the molecule is O=C(O)C=Cc1ccc(OS(=O)(=O)C(F)(F)F)c(F)c1. The van der Waals surface area contributed by atoms with Crippen LogP contribution in [-0.4, -0.2) is 25.0 Å². The van der Waals surface area contributed by atoms with Crippen LogP contribution in [0, 0.1) is 5.82 Å². The minimum atomic E-state index is -5.96. The molecule has 5 nitrogen and oxygen atoms in total. The number of rotatable bonds is 4. The van der Waals surface area contributed by atoms with Crippen molar-refractivity contribution in [2.24, 2.45) is 0 Å². The second-order valence-electron chi connectivity index (χ2n) is 3.34. The van der Waals surface area contributed by atoms with Crippen LogP contribution in [0.5, 0.6) is 5.75 Å². The first-order chi connectivity index (χ1) is 9.03. The van der Waals surface area contributed by atoms with Gasteiger partial charge in [0.05, 0.1) is 0 Å². The van der Waals surface area contributed by atoms with Gasteiger partial charge < -0.3 is 9.29 Å². The molecule has 20 heavy (non-hydrogen) atoms. The molecule has 0 amide bonds. The molecule has 1 aromatic carbocycles. The van der Waals surface area contributed by atoms with E-state index in [2.05, 4.69) is 4.18 Å². The standard InChI is InChI=1S/C10H6F4O5S/c11-7-5-6(2-4-9(15)16)1-3-8(7)19-20(17,18)10(12,13)14/h1-5H,(H,15,16). The summed E-state index contributed by atoms with van der Waals surface area (Å²) in [6.45, 7) is 0. The third-order valence-corrected chi connectivity index (χ3v) is 2.82. The summed E-state index contributed by atoms with van der Waals surface area (Å²) < 4.78 is 74.4. The van der Waals surface area contributed by atoms with Crippen LogP contribution in [0.4, 0.5) is 17.6 Å². The van der Waals surface area contributed by atoms with E-state index >= 15 is 0 Å². The minimum Gasteiger partial charge on any atom is -0.478 e. The molecule has 0 atom stereocenters. The Balaban J connectivity index is 3.04. The molecule has 0 saturated carbocycles. The monoisotopic (exact) mass is 314 g/mol.